The minimum Gasteiger partial charge on any atom is -0.463 e. The number of ether oxygens (including phenoxy) is 1. The van der Waals surface area contributed by atoms with Gasteiger partial charge in [-0.1, -0.05) is 13.0 Å². The molecule has 3 rings (SSSR count). The molecule has 2 aromatic carbocycles. The molecule has 0 fully saturated rings. The van der Waals surface area contributed by atoms with Crippen LogP contribution in [-0.2, 0) is 0 Å². The summed E-state index contributed by atoms with van der Waals surface area (Å²) in [7, 11) is 1.85. The third kappa shape index (κ3) is 4.88. The van der Waals surface area contributed by atoms with E-state index < -0.39 is 6.86 Å². The fraction of sp³-hybridized carbons (Fsp3) is 0.200. The number of alkyl halides is 1. The molecule has 0 spiro atoms. The van der Waals surface area contributed by atoms with E-state index in [0.717, 1.165) is 0 Å². The van der Waals surface area contributed by atoms with Crippen LogP contribution in [0.4, 0.5) is 37.6 Å². The first-order chi connectivity index (χ1) is 14.0. The number of benzene rings is 2. The van der Waals surface area contributed by atoms with E-state index in [1.54, 1.807) is 41.4 Å². The lowest BCUT2D eigenvalue weighted by Gasteiger charge is -2.32. The Hall–Kier alpha value is -3.46. The summed E-state index contributed by atoms with van der Waals surface area (Å²) in [6, 6.07) is 12.9. The topological polar surface area (TPSA) is 79.5 Å². The van der Waals surface area contributed by atoms with Crippen molar-refractivity contribution in [1.82, 2.24) is 15.0 Å². The monoisotopic (exact) mass is 400 g/mol. The highest BCUT2D eigenvalue weighted by Gasteiger charge is 2.19. The van der Waals surface area contributed by atoms with Crippen LogP contribution in [0, 0.1) is 5.82 Å². The van der Waals surface area contributed by atoms with Gasteiger partial charge in [-0.2, -0.15) is 4.98 Å². The Bertz CT molecular complexity index is 954. The number of hydrogen-bond donors (Lipinski definition) is 2. The SMILES string of the molecule is CCN(C)N(c1cccc(F)c1)c1nc(Nc2ccc(OCF)cc2)ncc1N. The van der Waals surface area contributed by atoms with Crippen molar-refractivity contribution < 1.29 is 13.5 Å². The molecule has 29 heavy (non-hydrogen) atoms. The largest absolute Gasteiger partial charge is 0.463 e. The molecule has 0 amide bonds. The van der Waals surface area contributed by atoms with Gasteiger partial charge in [0.15, 0.2) is 5.82 Å². The minimum absolute atomic E-state index is 0.305. The molecule has 0 aliphatic rings. The van der Waals surface area contributed by atoms with Crippen LogP contribution in [0.2, 0.25) is 0 Å². The van der Waals surface area contributed by atoms with Crippen molar-refractivity contribution in [3.63, 3.8) is 0 Å². The third-order valence-corrected chi connectivity index (χ3v) is 4.18. The number of hydrazine groups is 1. The van der Waals surface area contributed by atoms with Crippen molar-refractivity contribution in [3.8, 4) is 5.75 Å². The summed E-state index contributed by atoms with van der Waals surface area (Å²) in [5.74, 6) is 0.770. The van der Waals surface area contributed by atoms with Crippen LogP contribution in [0.1, 0.15) is 6.92 Å². The molecule has 3 aromatic rings. The van der Waals surface area contributed by atoms with Gasteiger partial charge < -0.3 is 15.8 Å². The van der Waals surface area contributed by atoms with Gasteiger partial charge in [0.05, 0.1) is 17.6 Å². The molecule has 3 N–H and O–H groups in total. The molecule has 0 unspecified atom stereocenters. The van der Waals surface area contributed by atoms with Crippen molar-refractivity contribution in [1.29, 1.82) is 0 Å². The number of nitrogen functional groups attached to an aromatic ring is 1. The van der Waals surface area contributed by atoms with Gasteiger partial charge >= 0.3 is 0 Å². The molecule has 9 heteroatoms. The zero-order chi connectivity index (χ0) is 20.8. The van der Waals surface area contributed by atoms with E-state index in [1.807, 2.05) is 19.0 Å². The summed E-state index contributed by atoms with van der Waals surface area (Å²) in [5.41, 5.74) is 7.75. The van der Waals surface area contributed by atoms with Crippen molar-refractivity contribution in [2.45, 2.75) is 6.92 Å². The molecule has 0 aliphatic carbocycles. The Balaban J connectivity index is 1.93. The van der Waals surface area contributed by atoms with Gasteiger partial charge in [0.2, 0.25) is 12.8 Å². The highest BCUT2D eigenvalue weighted by molar-refractivity contribution is 5.71. The number of nitrogens with zero attached hydrogens (tertiary/aromatic N) is 4. The Labute approximate surface area is 167 Å². The van der Waals surface area contributed by atoms with Gasteiger partial charge in [-0.3, -0.25) is 5.01 Å². The van der Waals surface area contributed by atoms with Gasteiger partial charge in [0.1, 0.15) is 11.6 Å². The number of nitrogens with one attached hydrogen (secondary N) is 1. The molecule has 0 radical (unpaired) electrons. The first-order valence-electron chi connectivity index (χ1n) is 8.97. The van der Waals surface area contributed by atoms with Crippen LogP contribution in [0.15, 0.2) is 54.7 Å². The van der Waals surface area contributed by atoms with Crippen LogP contribution in [-0.4, -0.2) is 35.4 Å². The molecule has 1 heterocycles. The molecule has 0 aliphatic heterocycles. The summed E-state index contributed by atoms with van der Waals surface area (Å²) >= 11 is 0. The quantitative estimate of drug-likeness (QED) is 0.547. The lowest BCUT2D eigenvalue weighted by atomic mass is 10.3. The number of aromatic nitrogens is 2. The Morgan fingerprint density at radius 2 is 1.93 bits per heavy atom. The normalized spacial score (nSPS) is 10.8. The van der Waals surface area contributed by atoms with Crippen molar-refractivity contribution in [2.75, 3.05) is 36.5 Å². The van der Waals surface area contributed by atoms with Gasteiger partial charge in [-0.15, -0.1) is 0 Å². The number of nitrogens with two attached hydrogens (primary N) is 1. The molecule has 0 atom stereocenters. The summed E-state index contributed by atoms with van der Waals surface area (Å²) in [6.45, 7) is 1.71. The van der Waals surface area contributed by atoms with Gasteiger partial charge in [-0.25, -0.2) is 18.8 Å². The minimum atomic E-state index is -0.891. The molecule has 0 bridgehead atoms. The number of halogens is 2. The third-order valence-electron chi connectivity index (χ3n) is 4.18. The van der Waals surface area contributed by atoms with Crippen molar-refractivity contribution in [3.05, 3.63) is 60.5 Å². The number of hydrogen-bond acceptors (Lipinski definition) is 7. The molecule has 7 nitrogen and oxygen atoms in total. The second kappa shape index (κ2) is 9.16. The fourth-order valence-corrected chi connectivity index (χ4v) is 2.67. The zero-order valence-corrected chi connectivity index (χ0v) is 16.1. The predicted octanol–water partition coefficient (Wildman–Crippen LogP) is 4.25. The van der Waals surface area contributed by atoms with Gasteiger partial charge in [0.25, 0.3) is 0 Å². The maximum Gasteiger partial charge on any atom is 0.229 e. The Morgan fingerprint density at radius 3 is 2.59 bits per heavy atom. The van der Waals surface area contributed by atoms with E-state index in [1.165, 1.54) is 18.3 Å². The van der Waals surface area contributed by atoms with Crippen molar-refractivity contribution in [2.24, 2.45) is 0 Å². The maximum absolute atomic E-state index is 13.8. The Morgan fingerprint density at radius 1 is 1.17 bits per heavy atom. The maximum atomic E-state index is 13.8. The first-order valence-corrected chi connectivity index (χ1v) is 8.97. The van der Waals surface area contributed by atoms with Gasteiger partial charge in [0, 0.05) is 19.3 Å². The highest BCUT2D eigenvalue weighted by atomic mass is 19.1. The molecule has 0 saturated carbocycles. The average Bonchev–Trinajstić information content (AvgIpc) is 2.72. The van der Waals surface area contributed by atoms with Crippen LogP contribution >= 0.6 is 0 Å². The molecular formula is C20H22F2N6O. The molecule has 152 valence electrons. The van der Waals surface area contributed by atoms with E-state index in [0.29, 0.717) is 41.1 Å². The first kappa shape index (κ1) is 20.3. The summed E-state index contributed by atoms with van der Waals surface area (Å²) in [4.78, 5) is 8.74. The fourth-order valence-electron chi connectivity index (χ4n) is 2.67. The van der Waals surface area contributed by atoms with E-state index in [2.05, 4.69) is 15.3 Å². The summed E-state index contributed by atoms with van der Waals surface area (Å²) in [5, 5.41) is 6.66. The van der Waals surface area contributed by atoms with E-state index in [-0.39, 0.29) is 5.82 Å². The molecule has 0 saturated heterocycles. The number of anilines is 5. The lowest BCUT2D eigenvalue weighted by molar-refractivity contribution is 0.192. The highest BCUT2D eigenvalue weighted by Crippen LogP contribution is 2.31. The Kier molecular flexibility index (Phi) is 6.40. The molecule has 1 aromatic heterocycles. The standard InChI is InChI=1S/C20H22F2N6O/c1-3-27(2)28(16-6-4-5-14(22)11-16)19-18(23)12-24-20(26-19)25-15-7-9-17(10-8-15)29-13-21/h4-12H,3,13,23H2,1-2H3,(H,24,25,26). The lowest BCUT2D eigenvalue weighted by Crippen LogP contribution is -2.37. The zero-order valence-electron chi connectivity index (χ0n) is 16.1. The van der Waals surface area contributed by atoms with Crippen LogP contribution in [0.25, 0.3) is 0 Å². The second-order valence-corrected chi connectivity index (χ2v) is 6.14. The van der Waals surface area contributed by atoms with Crippen molar-refractivity contribution >= 4 is 28.8 Å². The smallest absolute Gasteiger partial charge is 0.229 e. The van der Waals surface area contributed by atoms with Crippen LogP contribution in [0.3, 0.4) is 0 Å². The second-order valence-electron chi connectivity index (χ2n) is 6.14. The average molecular weight is 400 g/mol. The van der Waals surface area contributed by atoms with E-state index >= 15 is 0 Å². The summed E-state index contributed by atoms with van der Waals surface area (Å²) < 4.78 is 30.8. The predicted molar refractivity (Wildman–Crippen MR) is 110 cm³/mol. The molecular weight excluding hydrogens is 378 g/mol. The van der Waals surface area contributed by atoms with Gasteiger partial charge in [-0.05, 0) is 42.5 Å². The van der Waals surface area contributed by atoms with E-state index in [4.69, 9.17) is 10.5 Å². The van der Waals surface area contributed by atoms with Crippen LogP contribution in [0.5, 0.6) is 5.75 Å². The number of rotatable bonds is 8. The van der Waals surface area contributed by atoms with E-state index in [9.17, 15) is 8.78 Å². The summed E-state index contributed by atoms with van der Waals surface area (Å²) in [6.07, 6.45) is 1.49. The van der Waals surface area contributed by atoms with Crippen LogP contribution < -0.4 is 20.8 Å².